The maximum atomic E-state index is 9.60. The Kier molecular flexibility index (Phi) is 10.5. The zero-order valence-electron chi connectivity index (χ0n) is 14.5. The van der Waals surface area contributed by atoms with Gasteiger partial charge in [-0.2, -0.15) is 0 Å². The van der Waals surface area contributed by atoms with Gasteiger partial charge in [-0.15, -0.1) is 0 Å². The third-order valence-electron chi connectivity index (χ3n) is 3.88. The molecule has 2 N–H and O–H groups in total. The zero-order chi connectivity index (χ0) is 15.6. The van der Waals surface area contributed by atoms with Crippen LogP contribution in [0.2, 0.25) is 0 Å². The Bertz CT molecular complexity index is 233. The highest BCUT2D eigenvalue weighted by molar-refractivity contribution is 4.86. The fraction of sp³-hybridized carbons (Fsp3) is 1.00. The monoisotopic (exact) mass is 287 g/mol. The van der Waals surface area contributed by atoms with Crippen LogP contribution in [0.25, 0.3) is 0 Å². The van der Waals surface area contributed by atoms with E-state index in [1.165, 1.54) is 25.7 Å². The molecule has 3 atom stereocenters. The van der Waals surface area contributed by atoms with Crippen molar-refractivity contribution in [2.45, 2.75) is 91.3 Å². The highest BCUT2D eigenvalue weighted by Gasteiger charge is 2.26. The van der Waals surface area contributed by atoms with Crippen molar-refractivity contribution in [2.24, 2.45) is 5.92 Å². The van der Waals surface area contributed by atoms with E-state index in [-0.39, 0.29) is 18.2 Å². The molecule has 122 valence electrons. The first kappa shape index (κ1) is 19.9. The number of hydrogen-bond acceptors (Lipinski definition) is 3. The lowest BCUT2D eigenvalue weighted by Crippen LogP contribution is -2.51. The summed E-state index contributed by atoms with van der Waals surface area (Å²) in [5.41, 5.74) is -0.251. The standard InChI is InChI=1S/C17H37NO2/c1-7-9-10-16(8-2)12-20-15(5)11-17(6,13-19)18-14(3)4/h14-16,18-19H,7-13H2,1-6H3. The van der Waals surface area contributed by atoms with Crippen LogP contribution in [0.15, 0.2) is 0 Å². The molecule has 0 rings (SSSR count). The molecule has 0 aliphatic rings. The minimum Gasteiger partial charge on any atom is -0.394 e. The molecule has 0 saturated carbocycles. The molecule has 0 bridgehead atoms. The van der Waals surface area contributed by atoms with E-state index in [0.717, 1.165) is 13.0 Å². The second-order valence-electron chi connectivity index (χ2n) is 6.78. The first-order valence-electron chi connectivity index (χ1n) is 8.37. The molecule has 3 unspecified atom stereocenters. The predicted molar refractivity (Wildman–Crippen MR) is 87.1 cm³/mol. The highest BCUT2D eigenvalue weighted by Crippen LogP contribution is 2.18. The van der Waals surface area contributed by atoms with E-state index in [0.29, 0.717) is 12.0 Å². The van der Waals surface area contributed by atoms with Crippen LogP contribution >= 0.6 is 0 Å². The summed E-state index contributed by atoms with van der Waals surface area (Å²) in [4.78, 5) is 0. The second kappa shape index (κ2) is 10.6. The van der Waals surface area contributed by atoms with E-state index in [2.05, 4.69) is 46.9 Å². The van der Waals surface area contributed by atoms with Crippen LogP contribution < -0.4 is 5.32 Å². The Morgan fingerprint density at radius 1 is 1.20 bits per heavy atom. The second-order valence-corrected chi connectivity index (χ2v) is 6.78. The molecule has 0 aromatic rings. The number of unbranched alkanes of at least 4 members (excludes halogenated alkanes) is 1. The van der Waals surface area contributed by atoms with E-state index in [1.807, 2.05) is 0 Å². The van der Waals surface area contributed by atoms with Gasteiger partial charge in [-0.1, -0.05) is 47.0 Å². The Labute approximate surface area is 126 Å². The van der Waals surface area contributed by atoms with Crippen molar-refractivity contribution in [3.63, 3.8) is 0 Å². The van der Waals surface area contributed by atoms with Crippen LogP contribution in [0.4, 0.5) is 0 Å². The lowest BCUT2D eigenvalue weighted by Gasteiger charge is -2.34. The molecular weight excluding hydrogens is 250 g/mol. The summed E-state index contributed by atoms with van der Waals surface area (Å²) in [6.07, 6.45) is 6.02. The van der Waals surface area contributed by atoms with Gasteiger partial charge < -0.3 is 15.2 Å². The Hall–Kier alpha value is -0.120. The molecule has 0 aromatic heterocycles. The van der Waals surface area contributed by atoms with Gasteiger partial charge in [-0.3, -0.25) is 0 Å². The van der Waals surface area contributed by atoms with Crippen LogP contribution in [0.3, 0.4) is 0 Å². The Morgan fingerprint density at radius 2 is 1.85 bits per heavy atom. The van der Waals surface area contributed by atoms with Gasteiger partial charge in [0.15, 0.2) is 0 Å². The normalized spacial score (nSPS) is 18.0. The Morgan fingerprint density at radius 3 is 2.30 bits per heavy atom. The predicted octanol–water partition coefficient (Wildman–Crippen LogP) is 3.75. The van der Waals surface area contributed by atoms with Gasteiger partial charge in [0.05, 0.1) is 12.7 Å². The Balaban J connectivity index is 4.15. The summed E-state index contributed by atoms with van der Waals surface area (Å²) in [6, 6.07) is 0.368. The first-order valence-corrected chi connectivity index (χ1v) is 8.37. The lowest BCUT2D eigenvalue weighted by molar-refractivity contribution is 0.00629. The number of aliphatic hydroxyl groups excluding tert-OH is 1. The van der Waals surface area contributed by atoms with E-state index < -0.39 is 0 Å². The first-order chi connectivity index (χ1) is 9.36. The summed E-state index contributed by atoms with van der Waals surface area (Å²) >= 11 is 0. The van der Waals surface area contributed by atoms with Crippen molar-refractivity contribution < 1.29 is 9.84 Å². The molecule has 0 aromatic carbocycles. The van der Waals surface area contributed by atoms with Crippen LogP contribution in [0, 0.1) is 5.92 Å². The molecule has 0 amide bonds. The molecule has 0 spiro atoms. The van der Waals surface area contributed by atoms with Crippen molar-refractivity contribution in [1.29, 1.82) is 0 Å². The fourth-order valence-electron chi connectivity index (χ4n) is 2.76. The van der Waals surface area contributed by atoms with Gasteiger partial charge in [0.25, 0.3) is 0 Å². The third kappa shape index (κ3) is 8.93. The molecule has 0 heterocycles. The zero-order valence-corrected chi connectivity index (χ0v) is 14.5. The van der Waals surface area contributed by atoms with Gasteiger partial charge in [0.2, 0.25) is 0 Å². The molecule has 0 fully saturated rings. The highest BCUT2D eigenvalue weighted by atomic mass is 16.5. The maximum absolute atomic E-state index is 9.60. The molecule has 0 saturated heterocycles. The van der Waals surface area contributed by atoms with Crippen molar-refractivity contribution in [1.82, 2.24) is 5.32 Å². The van der Waals surface area contributed by atoms with E-state index in [1.54, 1.807) is 0 Å². The van der Waals surface area contributed by atoms with Gasteiger partial charge >= 0.3 is 0 Å². The van der Waals surface area contributed by atoms with E-state index in [9.17, 15) is 5.11 Å². The van der Waals surface area contributed by atoms with Gasteiger partial charge in [0, 0.05) is 18.2 Å². The lowest BCUT2D eigenvalue weighted by atomic mass is 9.94. The topological polar surface area (TPSA) is 41.5 Å². The molecule has 0 radical (unpaired) electrons. The fourth-order valence-corrected chi connectivity index (χ4v) is 2.76. The van der Waals surface area contributed by atoms with Crippen LogP contribution in [0.1, 0.15) is 73.6 Å². The summed E-state index contributed by atoms with van der Waals surface area (Å²) in [7, 11) is 0. The van der Waals surface area contributed by atoms with Crippen LogP contribution in [-0.2, 0) is 4.74 Å². The number of rotatable bonds is 12. The van der Waals surface area contributed by atoms with Crippen molar-refractivity contribution in [3.8, 4) is 0 Å². The van der Waals surface area contributed by atoms with E-state index >= 15 is 0 Å². The number of hydrogen-bond donors (Lipinski definition) is 2. The van der Waals surface area contributed by atoms with Gasteiger partial charge in [-0.05, 0) is 32.6 Å². The smallest absolute Gasteiger partial charge is 0.0611 e. The summed E-state index contributed by atoms with van der Waals surface area (Å²) in [6.45, 7) is 13.9. The van der Waals surface area contributed by atoms with Crippen LogP contribution in [0.5, 0.6) is 0 Å². The molecule has 3 nitrogen and oxygen atoms in total. The molecule has 3 heteroatoms. The van der Waals surface area contributed by atoms with Crippen molar-refractivity contribution >= 4 is 0 Å². The maximum Gasteiger partial charge on any atom is 0.0611 e. The molecular formula is C17H37NO2. The summed E-state index contributed by atoms with van der Waals surface area (Å²) < 4.78 is 6.02. The summed E-state index contributed by atoms with van der Waals surface area (Å²) in [5, 5.41) is 13.0. The minimum absolute atomic E-state index is 0.145. The SMILES string of the molecule is CCCCC(CC)COC(C)CC(C)(CO)NC(C)C. The number of ether oxygens (including phenoxy) is 1. The summed E-state index contributed by atoms with van der Waals surface area (Å²) in [5.74, 6) is 0.677. The number of aliphatic hydroxyl groups is 1. The minimum atomic E-state index is -0.251. The quantitative estimate of drug-likeness (QED) is 0.574. The van der Waals surface area contributed by atoms with Crippen molar-refractivity contribution in [3.05, 3.63) is 0 Å². The van der Waals surface area contributed by atoms with Crippen LogP contribution in [-0.4, -0.2) is 36.0 Å². The average molecular weight is 287 g/mol. The van der Waals surface area contributed by atoms with Crippen molar-refractivity contribution in [2.75, 3.05) is 13.2 Å². The molecule has 0 aliphatic carbocycles. The molecule has 0 aliphatic heterocycles. The third-order valence-corrected chi connectivity index (χ3v) is 3.88. The number of nitrogens with one attached hydrogen (secondary N) is 1. The average Bonchev–Trinajstić information content (AvgIpc) is 2.38. The van der Waals surface area contributed by atoms with Gasteiger partial charge in [-0.25, -0.2) is 0 Å². The van der Waals surface area contributed by atoms with Gasteiger partial charge in [0.1, 0.15) is 0 Å². The van der Waals surface area contributed by atoms with E-state index in [4.69, 9.17) is 4.74 Å². The molecule has 20 heavy (non-hydrogen) atoms. The largest absolute Gasteiger partial charge is 0.394 e.